The van der Waals surface area contributed by atoms with Gasteiger partial charge in [-0.1, -0.05) is 39.7 Å². The monoisotopic (exact) mass is 511 g/mol. The van der Waals surface area contributed by atoms with Gasteiger partial charge in [-0.05, 0) is 35.6 Å². The number of hydrogen-bond acceptors (Lipinski definition) is 5. The standard InChI is InChI=1S/C20H15BrClNO4S2/c21-7-1-9-29(26,27)12-4-2-11(3-5-12)16-15(24)10-14(22)18-17(16)13-6-8-28-19(13)20(25)23-18/h2-6,8,10,24H,1,7,9H2,(H,23,25). The number of benzene rings is 2. The van der Waals surface area contributed by atoms with Crippen LogP contribution in [0.1, 0.15) is 6.42 Å². The Labute approximate surface area is 184 Å². The minimum atomic E-state index is -3.37. The summed E-state index contributed by atoms with van der Waals surface area (Å²) in [5.74, 6) is 0.0145. The summed E-state index contributed by atoms with van der Waals surface area (Å²) in [4.78, 5) is 15.4. The van der Waals surface area contributed by atoms with Gasteiger partial charge in [-0.25, -0.2) is 8.42 Å². The number of phenols is 1. The zero-order valence-electron chi connectivity index (χ0n) is 14.9. The maximum Gasteiger partial charge on any atom is 0.266 e. The molecule has 2 N–H and O–H groups in total. The van der Waals surface area contributed by atoms with Gasteiger partial charge in [-0.15, -0.1) is 11.3 Å². The Morgan fingerprint density at radius 3 is 2.59 bits per heavy atom. The van der Waals surface area contributed by atoms with E-state index in [1.807, 2.05) is 6.07 Å². The number of sulfone groups is 1. The lowest BCUT2D eigenvalue weighted by Gasteiger charge is -2.13. The first kappa shape index (κ1) is 20.4. The second kappa shape index (κ2) is 7.75. The maximum absolute atomic E-state index is 12.4. The summed E-state index contributed by atoms with van der Waals surface area (Å²) in [6, 6.07) is 9.59. The molecule has 0 aliphatic carbocycles. The molecule has 0 amide bonds. The van der Waals surface area contributed by atoms with Crippen LogP contribution >= 0.6 is 38.9 Å². The number of rotatable bonds is 5. The predicted octanol–water partition coefficient (Wildman–Crippen LogP) is 5.33. The molecular weight excluding hydrogens is 498 g/mol. The quantitative estimate of drug-likeness (QED) is 0.354. The van der Waals surface area contributed by atoms with Crippen LogP contribution in [0.25, 0.3) is 32.1 Å². The lowest BCUT2D eigenvalue weighted by atomic mass is 9.97. The third kappa shape index (κ3) is 3.59. The van der Waals surface area contributed by atoms with Crippen LogP contribution in [-0.4, -0.2) is 29.6 Å². The van der Waals surface area contributed by atoms with Crippen LogP contribution in [-0.2, 0) is 9.84 Å². The summed E-state index contributed by atoms with van der Waals surface area (Å²) in [6.07, 6.45) is 0.524. The molecule has 9 heteroatoms. The van der Waals surface area contributed by atoms with Crippen LogP contribution in [0.4, 0.5) is 0 Å². The summed E-state index contributed by atoms with van der Waals surface area (Å²) in [5, 5.41) is 14.6. The Morgan fingerprint density at radius 1 is 1.17 bits per heavy atom. The zero-order valence-corrected chi connectivity index (χ0v) is 18.9. The van der Waals surface area contributed by atoms with E-state index in [4.69, 9.17) is 11.6 Å². The van der Waals surface area contributed by atoms with Crippen LogP contribution in [0.2, 0.25) is 5.02 Å². The van der Waals surface area contributed by atoms with Crippen molar-refractivity contribution in [1.82, 2.24) is 4.98 Å². The lowest BCUT2D eigenvalue weighted by Crippen LogP contribution is -2.07. The summed E-state index contributed by atoms with van der Waals surface area (Å²) in [7, 11) is -3.37. The Balaban J connectivity index is 1.95. The molecule has 0 spiro atoms. The number of aromatic nitrogens is 1. The zero-order chi connectivity index (χ0) is 20.8. The number of pyridine rings is 1. The highest BCUT2D eigenvalue weighted by atomic mass is 79.9. The molecule has 150 valence electrons. The van der Waals surface area contributed by atoms with Gasteiger partial charge in [-0.2, -0.15) is 0 Å². The summed E-state index contributed by atoms with van der Waals surface area (Å²) < 4.78 is 25.4. The highest BCUT2D eigenvalue weighted by Gasteiger charge is 2.19. The average Bonchev–Trinajstić information content (AvgIpc) is 3.18. The number of H-pyrrole nitrogens is 1. The molecule has 0 aliphatic rings. The molecule has 4 rings (SSSR count). The van der Waals surface area contributed by atoms with Gasteiger partial charge in [0.25, 0.3) is 5.56 Å². The van der Waals surface area contributed by atoms with E-state index in [9.17, 15) is 18.3 Å². The van der Waals surface area contributed by atoms with Crippen molar-refractivity contribution in [3.63, 3.8) is 0 Å². The van der Waals surface area contributed by atoms with Crippen LogP contribution < -0.4 is 5.56 Å². The molecule has 0 fully saturated rings. The number of aromatic amines is 1. The Kier molecular flexibility index (Phi) is 5.46. The molecule has 0 aliphatic heterocycles. The Morgan fingerprint density at radius 2 is 1.90 bits per heavy atom. The first-order valence-electron chi connectivity index (χ1n) is 8.67. The highest BCUT2D eigenvalue weighted by molar-refractivity contribution is 9.09. The molecule has 0 unspecified atom stereocenters. The number of aromatic hydroxyl groups is 1. The molecule has 0 saturated carbocycles. The van der Waals surface area contributed by atoms with E-state index >= 15 is 0 Å². The number of thiophene rings is 1. The Bertz CT molecular complexity index is 1390. The number of fused-ring (bicyclic) bond motifs is 3. The van der Waals surface area contributed by atoms with Crippen LogP contribution in [0.3, 0.4) is 0 Å². The van der Waals surface area contributed by atoms with Crippen molar-refractivity contribution in [3.8, 4) is 16.9 Å². The van der Waals surface area contributed by atoms with Crippen molar-refractivity contribution in [2.45, 2.75) is 11.3 Å². The molecule has 4 aromatic rings. The summed E-state index contributed by atoms with van der Waals surface area (Å²) >= 11 is 10.8. The van der Waals surface area contributed by atoms with Gasteiger partial charge >= 0.3 is 0 Å². The van der Waals surface area contributed by atoms with Gasteiger partial charge in [0.2, 0.25) is 0 Å². The van der Waals surface area contributed by atoms with Gasteiger partial charge in [0.05, 0.1) is 21.2 Å². The van der Waals surface area contributed by atoms with E-state index < -0.39 is 9.84 Å². The molecule has 2 aromatic carbocycles. The van der Waals surface area contributed by atoms with Crippen LogP contribution in [0.5, 0.6) is 5.75 Å². The average molecular weight is 513 g/mol. The van der Waals surface area contributed by atoms with Gasteiger partial charge < -0.3 is 10.1 Å². The third-order valence-corrected chi connectivity index (χ3v) is 8.28. The molecule has 2 aromatic heterocycles. The summed E-state index contributed by atoms with van der Waals surface area (Å²) in [5.41, 5.74) is 1.32. The molecular formula is C20H15BrClNO4S2. The highest BCUT2D eigenvalue weighted by Crippen LogP contribution is 2.42. The number of alkyl halides is 1. The second-order valence-corrected chi connectivity index (χ2v) is 10.7. The van der Waals surface area contributed by atoms with E-state index in [2.05, 4.69) is 20.9 Å². The van der Waals surface area contributed by atoms with E-state index in [1.165, 1.54) is 29.5 Å². The van der Waals surface area contributed by atoms with Crippen molar-refractivity contribution in [1.29, 1.82) is 0 Å². The van der Waals surface area contributed by atoms with Crippen molar-refractivity contribution in [3.05, 3.63) is 57.2 Å². The lowest BCUT2D eigenvalue weighted by molar-refractivity contribution is 0.478. The Hall–Kier alpha value is -1.87. The SMILES string of the molecule is O=c1[nH]c2c(Cl)cc(O)c(-c3ccc(S(=O)(=O)CCCBr)cc3)c2c2ccsc12. The maximum atomic E-state index is 12.4. The number of halogens is 2. The largest absolute Gasteiger partial charge is 0.507 e. The van der Waals surface area contributed by atoms with Crippen molar-refractivity contribution in [2.24, 2.45) is 0 Å². The number of nitrogens with one attached hydrogen (secondary N) is 1. The van der Waals surface area contributed by atoms with Gasteiger partial charge in [-0.3, -0.25) is 4.79 Å². The molecule has 29 heavy (non-hydrogen) atoms. The predicted molar refractivity (Wildman–Crippen MR) is 123 cm³/mol. The minimum Gasteiger partial charge on any atom is -0.507 e. The second-order valence-electron chi connectivity index (χ2n) is 6.51. The van der Waals surface area contributed by atoms with E-state index in [1.54, 1.807) is 17.5 Å². The molecule has 0 bridgehead atoms. The molecule has 2 heterocycles. The molecule has 0 saturated heterocycles. The first-order valence-corrected chi connectivity index (χ1v) is 12.7. The summed E-state index contributed by atoms with van der Waals surface area (Å²) in [6.45, 7) is 0. The van der Waals surface area contributed by atoms with Crippen molar-refractivity contribution in [2.75, 3.05) is 11.1 Å². The smallest absolute Gasteiger partial charge is 0.266 e. The van der Waals surface area contributed by atoms with Gasteiger partial charge in [0.15, 0.2) is 9.84 Å². The molecule has 0 atom stereocenters. The fraction of sp³-hybridized carbons (Fsp3) is 0.150. The van der Waals surface area contributed by atoms with Gasteiger partial charge in [0.1, 0.15) is 10.4 Å². The molecule has 0 radical (unpaired) electrons. The number of hydrogen-bond donors (Lipinski definition) is 2. The number of phenolic OH excluding ortho intramolecular Hbond substituents is 1. The van der Waals surface area contributed by atoms with Crippen LogP contribution in [0.15, 0.2) is 51.5 Å². The van der Waals surface area contributed by atoms with E-state index in [-0.39, 0.29) is 27.0 Å². The van der Waals surface area contributed by atoms with Crippen molar-refractivity contribution >= 4 is 69.7 Å². The van der Waals surface area contributed by atoms with Crippen LogP contribution in [0, 0.1) is 0 Å². The van der Waals surface area contributed by atoms with E-state index in [0.717, 1.165) is 0 Å². The van der Waals surface area contributed by atoms with E-state index in [0.29, 0.717) is 43.9 Å². The first-order chi connectivity index (χ1) is 13.8. The fourth-order valence-electron chi connectivity index (χ4n) is 3.36. The van der Waals surface area contributed by atoms with Crippen molar-refractivity contribution < 1.29 is 13.5 Å². The molecule has 5 nitrogen and oxygen atoms in total. The third-order valence-electron chi connectivity index (χ3n) is 4.69. The van der Waals surface area contributed by atoms with Gasteiger partial charge in [0, 0.05) is 27.7 Å². The fourth-order valence-corrected chi connectivity index (χ4v) is 6.37. The minimum absolute atomic E-state index is 0.0445. The normalized spacial score (nSPS) is 12.1. The topological polar surface area (TPSA) is 87.2 Å².